The fourth-order valence-electron chi connectivity index (χ4n) is 3.46. The van der Waals surface area contributed by atoms with Crippen molar-refractivity contribution in [3.8, 4) is 22.6 Å². The van der Waals surface area contributed by atoms with E-state index >= 15 is 0 Å². The standard InChI is InChI=1S/C24H21F2N3O4S/c1-14-3-5-15(6-4-14)17-12-34-22-21(17)23(31)29(13-27-22)10-9-20(30)28-16-7-8-18(32-2)19(11-16)33-24(25)26/h3-8,11-13,24H,9-10H2,1-2H3,(H,28,30). The topological polar surface area (TPSA) is 82.5 Å². The monoisotopic (exact) mass is 485 g/mol. The lowest BCUT2D eigenvalue weighted by molar-refractivity contribution is -0.116. The first-order chi connectivity index (χ1) is 16.4. The molecule has 0 saturated carbocycles. The van der Waals surface area contributed by atoms with Crippen LogP contribution >= 0.6 is 11.3 Å². The number of fused-ring (bicyclic) bond motifs is 1. The van der Waals surface area contributed by atoms with Crippen molar-refractivity contribution in [1.82, 2.24) is 9.55 Å². The number of carbonyl (C=O) groups is 1. The predicted octanol–water partition coefficient (Wildman–Crippen LogP) is 5.07. The molecule has 1 N–H and O–H groups in total. The fourth-order valence-corrected chi connectivity index (χ4v) is 4.37. The molecule has 2 heterocycles. The molecule has 2 aromatic carbocycles. The van der Waals surface area contributed by atoms with Gasteiger partial charge in [0.05, 0.1) is 18.8 Å². The van der Waals surface area contributed by atoms with Crippen molar-refractivity contribution in [3.05, 3.63) is 70.1 Å². The largest absolute Gasteiger partial charge is 0.493 e. The van der Waals surface area contributed by atoms with E-state index in [1.807, 2.05) is 36.6 Å². The molecule has 0 fully saturated rings. The molecular weight excluding hydrogens is 464 g/mol. The second-order valence-corrected chi connectivity index (χ2v) is 8.34. The van der Waals surface area contributed by atoms with Gasteiger partial charge < -0.3 is 14.8 Å². The first-order valence-corrected chi connectivity index (χ1v) is 11.2. The van der Waals surface area contributed by atoms with Crippen LogP contribution in [0.15, 0.2) is 59.0 Å². The van der Waals surface area contributed by atoms with Crippen LogP contribution in [-0.2, 0) is 11.3 Å². The highest BCUT2D eigenvalue weighted by molar-refractivity contribution is 7.17. The number of halogens is 2. The smallest absolute Gasteiger partial charge is 0.387 e. The minimum Gasteiger partial charge on any atom is -0.493 e. The Kier molecular flexibility index (Phi) is 6.87. The minimum atomic E-state index is -3.03. The van der Waals surface area contributed by atoms with Gasteiger partial charge in [0.15, 0.2) is 11.5 Å². The van der Waals surface area contributed by atoms with Gasteiger partial charge in [-0.15, -0.1) is 11.3 Å². The maximum Gasteiger partial charge on any atom is 0.387 e. The normalized spacial score (nSPS) is 11.1. The maximum absolute atomic E-state index is 13.1. The van der Waals surface area contributed by atoms with E-state index in [2.05, 4.69) is 15.0 Å². The summed E-state index contributed by atoms with van der Waals surface area (Å²) in [5.74, 6) is -0.476. The molecular formula is C24H21F2N3O4S. The van der Waals surface area contributed by atoms with Crippen LogP contribution < -0.4 is 20.3 Å². The number of rotatable bonds is 8. The summed E-state index contributed by atoms with van der Waals surface area (Å²) >= 11 is 1.39. The van der Waals surface area contributed by atoms with Crippen molar-refractivity contribution in [2.24, 2.45) is 0 Å². The highest BCUT2D eigenvalue weighted by Crippen LogP contribution is 2.32. The van der Waals surface area contributed by atoms with Gasteiger partial charge in [-0.2, -0.15) is 8.78 Å². The number of nitrogens with one attached hydrogen (secondary N) is 1. The van der Waals surface area contributed by atoms with Crippen LogP contribution in [0.25, 0.3) is 21.3 Å². The van der Waals surface area contributed by atoms with Crippen LogP contribution in [0.4, 0.5) is 14.5 Å². The Balaban J connectivity index is 1.50. The number of ether oxygens (including phenoxy) is 2. The molecule has 0 unspecified atom stereocenters. The van der Waals surface area contributed by atoms with E-state index in [0.29, 0.717) is 10.2 Å². The average Bonchev–Trinajstić information content (AvgIpc) is 3.24. The van der Waals surface area contributed by atoms with Crippen molar-refractivity contribution in [1.29, 1.82) is 0 Å². The molecule has 7 nitrogen and oxygen atoms in total. The number of thiophene rings is 1. The van der Waals surface area contributed by atoms with Gasteiger partial charge in [-0.3, -0.25) is 14.2 Å². The molecule has 0 bridgehead atoms. The zero-order chi connectivity index (χ0) is 24.2. The summed E-state index contributed by atoms with van der Waals surface area (Å²) in [5, 5.41) is 5.04. The van der Waals surface area contributed by atoms with Crippen LogP contribution in [0, 0.1) is 6.92 Å². The van der Waals surface area contributed by atoms with E-state index in [9.17, 15) is 18.4 Å². The highest BCUT2D eigenvalue weighted by atomic mass is 32.1. The first-order valence-electron chi connectivity index (χ1n) is 10.3. The molecule has 0 aliphatic rings. The van der Waals surface area contributed by atoms with Crippen molar-refractivity contribution in [2.75, 3.05) is 12.4 Å². The second-order valence-electron chi connectivity index (χ2n) is 7.48. The van der Waals surface area contributed by atoms with Gasteiger partial charge in [-0.25, -0.2) is 4.98 Å². The number of alkyl halides is 2. The molecule has 0 aliphatic carbocycles. The quantitative estimate of drug-likeness (QED) is 0.377. The fraction of sp³-hybridized carbons (Fsp3) is 0.208. The molecule has 34 heavy (non-hydrogen) atoms. The molecule has 176 valence electrons. The number of hydrogen-bond acceptors (Lipinski definition) is 6. The third-order valence-corrected chi connectivity index (χ3v) is 6.05. The van der Waals surface area contributed by atoms with E-state index in [-0.39, 0.29) is 35.7 Å². The number of anilines is 1. The van der Waals surface area contributed by atoms with Gasteiger partial charge in [-0.1, -0.05) is 29.8 Å². The first kappa shape index (κ1) is 23.4. The van der Waals surface area contributed by atoms with Crippen molar-refractivity contribution >= 4 is 33.1 Å². The number of hydrogen-bond donors (Lipinski definition) is 1. The zero-order valence-corrected chi connectivity index (χ0v) is 19.2. The summed E-state index contributed by atoms with van der Waals surface area (Å²) in [6, 6.07) is 12.1. The van der Waals surface area contributed by atoms with Gasteiger partial charge in [0, 0.05) is 35.7 Å². The molecule has 0 spiro atoms. The second kappa shape index (κ2) is 10.0. The number of aromatic nitrogens is 2. The van der Waals surface area contributed by atoms with E-state index in [4.69, 9.17) is 4.74 Å². The Bertz CT molecular complexity index is 1380. The summed E-state index contributed by atoms with van der Waals surface area (Å²) in [6.45, 7) is -0.933. The summed E-state index contributed by atoms with van der Waals surface area (Å²) in [4.78, 5) is 30.6. The third-order valence-electron chi connectivity index (χ3n) is 5.17. The van der Waals surface area contributed by atoms with Crippen molar-refractivity contribution in [3.63, 3.8) is 0 Å². The number of nitrogens with zero attached hydrogens (tertiary/aromatic N) is 2. The number of methoxy groups -OCH3 is 1. The highest BCUT2D eigenvalue weighted by Gasteiger charge is 2.15. The number of amides is 1. The van der Waals surface area contributed by atoms with E-state index in [1.54, 1.807) is 0 Å². The van der Waals surface area contributed by atoms with Gasteiger partial charge >= 0.3 is 6.61 Å². The van der Waals surface area contributed by atoms with Crippen molar-refractivity contribution < 1.29 is 23.0 Å². The van der Waals surface area contributed by atoms with Crippen LogP contribution in [0.5, 0.6) is 11.5 Å². The Morgan fingerprint density at radius 2 is 1.94 bits per heavy atom. The Morgan fingerprint density at radius 1 is 1.18 bits per heavy atom. The summed E-state index contributed by atoms with van der Waals surface area (Å²) < 4.78 is 36.0. The number of benzene rings is 2. The molecule has 4 rings (SSSR count). The zero-order valence-electron chi connectivity index (χ0n) is 18.4. The summed E-state index contributed by atoms with van der Waals surface area (Å²) in [7, 11) is 1.33. The summed E-state index contributed by atoms with van der Waals surface area (Å²) in [6.07, 6.45) is 1.41. The van der Waals surface area contributed by atoms with Gasteiger partial charge in [0.1, 0.15) is 4.83 Å². The molecule has 0 radical (unpaired) electrons. The van der Waals surface area contributed by atoms with Gasteiger partial charge in [0.25, 0.3) is 5.56 Å². The van der Waals surface area contributed by atoms with Crippen LogP contribution in [0.2, 0.25) is 0 Å². The lowest BCUT2D eigenvalue weighted by Gasteiger charge is -2.12. The van der Waals surface area contributed by atoms with Crippen LogP contribution in [-0.4, -0.2) is 29.2 Å². The predicted molar refractivity (Wildman–Crippen MR) is 127 cm³/mol. The third kappa shape index (κ3) is 5.07. The Morgan fingerprint density at radius 3 is 2.65 bits per heavy atom. The van der Waals surface area contributed by atoms with E-state index < -0.39 is 12.5 Å². The minimum absolute atomic E-state index is 0.0197. The SMILES string of the molecule is COc1ccc(NC(=O)CCn2cnc3scc(-c4ccc(C)cc4)c3c2=O)cc1OC(F)F. The van der Waals surface area contributed by atoms with Crippen molar-refractivity contribution in [2.45, 2.75) is 26.5 Å². The number of aryl methyl sites for hydroxylation is 2. The molecule has 10 heteroatoms. The van der Waals surface area contributed by atoms with Gasteiger partial charge in [-0.05, 0) is 24.6 Å². The average molecular weight is 486 g/mol. The molecule has 4 aromatic rings. The Hall–Kier alpha value is -3.79. The molecule has 0 saturated heterocycles. The summed E-state index contributed by atoms with van der Waals surface area (Å²) in [5.41, 5.74) is 2.89. The van der Waals surface area contributed by atoms with Crippen LogP contribution in [0.1, 0.15) is 12.0 Å². The maximum atomic E-state index is 13.1. The lowest BCUT2D eigenvalue weighted by atomic mass is 10.1. The number of carbonyl (C=O) groups excluding carboxylic acids is 1. The van der Waals surface area contributed by atoms with Crippen LogP contribution in [0.3, 0.4) is 0 Å². The van der Waals surface area contributed by atoms with E-state index in [1.165, 1.54) is 47.5 Å². The Labute approximate surface area is 197 Å². The lowest BCUT2D eigenvalue weighted by Crippen LogP contribution is -2.23. The molecule has 0 atom stereocenters. The van der Waals surface area contributed by atoms with E-state index in [0.717, 1.165) is 16.7 Å². The molecule has 2 aromatic heterocycles. The van der Waals surface area contributed by atoms with Gasteiger partial charge in [0.2, 0.25) is 5.91 Å². The molecule has 0 aliphatic heterocycles. The molecule has 1 amide bonds.